The number of likely N-dealkylation sites (tertiary alicyclic amines) is 1. The zero-order valence-corrected chi connectivity index (χ0v) is 22.0. The lowest BCUT2D eigenvalue weighted by molar-refractivity contribution is 0.0724. The van der Waals surface area contributed by atoms with E-state index in [1.165, 1.54) is 6.42 Å². The van der Waals surface area contributed by atoms with E-state index in [1.54, 1.807) is 14.2 Å². The summed E-state index contributed by atoms with van der Waals surface area (Å²) in [6.45, 7) is 4.91. The number of nitrogens with zero attached hydrogens (tertiary/aromatic N) is 2. The zero-order valence-electron chi connectivity index (χ0n) is 19.7. The second kappa shape index (κ2) is 13.9. The molecule has 1 aliphatic heterocycles. The van der Waals surface area contributed by atoms with Crippen molar-refractivity contribution in [1.82, 2.24) is 15.5 Å². The molecule has 1 aliphatic rings. The molecule has 1 atom stereocenters. The van der Waals surface area contributed by atoms with Crippen molar-refractivity contribution in [1.29, 1.82) is 0 Å². The van der Waals surface area contributed by atoms with E-state index in [1.807, 2.05) is 60.4 Å². The van der Waals surface area contributed by atoms with Gasteiger partial charge in [0.1, 0.15) is 6.10 Å². The van der Waals surface area contributed by atoms with Crippen LogP contribution in [0.25, 0.3) is 0 Å². The van der Waals surface area contributed by atoms with Gasteiger partial charge in [-0.3, -0.25) is 9.79 Å². The quantitative estimate of drug-likeness (QED) is 0.287. The lowest BCUT2D eigenvalue weighted by Gasteiger charge is -2.26. The third-order valence-electron chi connectivity index (χ3n) is 5.48. The fourth-order valence-electron chi connectivity index (χ4n) is 3.67. The summed E-state index contributed by atoms with van der Waals surface area (Å²) in [6.07, 6.45) is 3.34. The number of hydrogen-bond acceptors (Lipinski definition) is 4. The van der Waals surface area contributed by atoms with E-state index >= 15 is 0 Å². The van der Waals surface area contributed by atoms with Gasteiger partial charge in [0.2, 0.25) is 0 Å². The Morgan fingerprint density at radius 2 is 1.70 bits per heavy atom. The molecule has 1 saturated heterocycles. The van der Waals surface area contributed by atoms with Crippen LogP contribution in [0.1, 0.15) is 42.1 Å². The molecule has 0 aliphatic carbocycles. The number of aliphatic imine (C=N–C) groups is 1. The van der Waals surface area contributed by atoms with Crippen LogP contribution in [0.4, 0.5) is 0 Å². The topological polar surface area (TPSA) is 75.2 Å². The Morgan fingerprint density at radius 3 is 2.33 bits per heavy atom. The summed E-state index contributed by atoms with van der Waals surface area (Å²) in [4.78, 5) is 18.8. The minimum atomic E-state index is -0.0788. The average Bonchev–Trinajstić information content (AvgIpc) is 2.85. The Hall–Kier alpha value is -2.49. The molecule has 2 aromatic rings. The van der Waals surface area contributed by atoms with E-state index in [0.717, 1.165) is 37.1 Å². The van der Waals surface area contributed by atoms with Crippen molar-refractivity contribution in [3.63, 3.8) is 0 Å². The van der Waals surface area contributed by atoms with Crippen molar-refractivity contribution in [2.75, 3.05) is 33.8 Å². The Morgan fingerprint density at radius 1 is 1.03 bits per heavy atom. The zero-order chi connectivity index (χ0) is 22.8. The first-order chi connectivity index (χ1) is 15.6. The monoisotopic (exact) mass is 566 g/mol. The summed E-state index contributed by atoms with van der Waals surface area (Å²) in [5.74, 6) is 2.25. The first-order valence-corrected chi connectivity index (χ1v) is 11.2. The predicted octanol–water partition coefficient (Wildman–Crippen LogP) is 4.07. The third kappa shape index (κ3) is 8.10. The number of carbonyl (C=O) groups is 1. The number of hydrogen-bond donors (Lipinski definition) is 2. The smallest absolute Gasteiger partial charge is 0.253 e. The van der Waals surface area contributed by atoms with Crippen LogP contribution in [0.3, 0.4) is 0 Å². The molecule has 0 aromatic heterocycles. The van der Waals surface area contributed by atoms with Gasteiger partial charge in [-0.25, -0.2) is 0 Å². The van der Waals surface area contributed by atoms with Crippen molar-refractivity contribution in [2.45, 2.75) is 38.8 Å². The standard InChI is InChI=1S/C25H34N4O3.HI/c1-19(32-23-10-6-5-9-22(23)31-3)17-27-25(26-2)28-18-20-11-13-21(14-12-20)24(30)29-15-7-4-8-16-29;/h5-6,9-14,19H,4,7-8,15-18H2,1-3H3,(H2,26,27,28);1H. The highest BCUT2D eigenvalue weighted by Crippen LogP contribution is 2.26. The number of nitrogens with one attached hydrogen (secondary N) is 2. The highest BCUT2D eigenvalue weighted by molar-refractivity contribution is 14.0. The Kier molecular flexibility index (Phi) is 11.3. The minimum Gasteiger partial charge on any atom is -0.493 e. The molecule has 1 heterocycles. The summed E-state index contributed by atoms with van der Waals surface area (Å²) < 4.78 is 11.3. The number of halogens is 1. The van der Waals surface area contributed by atoms with Gasteiger partial charge in [0.15, 0.2) is 17.5 Å². The molecule has 33 heavy (non-hydrogen) atoms. The van der Waals surface area contributed by atoms with E-state index in [2.05, 4.69) is 15.6 Å². The fourth-order valence-corrected chi connectivity index (χ4v) is 3.67. The number of para-hydroxylation sites is 2. The van der Waals surface area contributed by atoms with Crippen LogP contribution in [-0.2, 0) is 6.54 Å². The van der Waals surface area contributed by atoms with Crippen molar-refractivity contribution in [3.05, 3.63) is 59.7 Å². The number of guanidine groups is 1. The summed E-state index contributed by atoms with van der Waals surface area (Å²) >= 11 is 0. The maximum Gasteiger partial charge on any atom is 0.253 e. The van der Waals surface area contributed by atoms with Crippen molar-refractivity contribution < 1.29 is 14.3 Å². The number of ether oxygens (including phenoxy) is 2. The Bertz CT molecular complexity index is 899. The van der Waals surface area contributed by atoms with Crippen molar-refractivity contribution in [2.24, 2.45) is 4.99 Å². The maximum absolute atomic E-state index is 12.6. The molecule has 8 heteroatoms. The van der Waals surface area contributed by atoms with Crippen LogP contribution in [0.2, 0.25) is 0 Å². The Labute approximate surface area is 214 Å². The molecular formula is C25H35IN4O3. The molecule has 2 N–H and O–H groups in total. The SMILES string of the molecule is CN=C(NCc1ccc(C(=O)N2CCCCC2)cc1)NCC(C)Oc1ccccc1OC.I. The van der Waals surface area contributed by atoms with E-state index in [4.69, 9.17) is 9.47 Å². The van der Waals surface area contributed by atoms with Crippen LogP contribution in [-0.4, -0.2) is 56.7 Å². The summed E-state index contributed by atoms with van der Waals surface area (Å²) in [5, 5.41) is 6.58. The van der Waals surface area contributed by atoms with E-state index in [-0.39, 0.29) is 36.0 Å². The highest BCUT2D eigenvalue weighted by atomic mass is 127. The molecule has 0 saturated carbocycles. The van der Waals surface area contributed by atoms with Crippen LogP contribution < -0.4 is 20.1 Å². The predicted molar refractivity (Wildman–Crippen MR) is 143 cm³/mol. The highest BCUT2D eigenvalue weighted by Gasteiger charge is 2.17. The van der Waals surface area contributed by atoms with Crippen molar-refractivity contribution in [3.8, 4) is 11.5 Å². The minimum absolute atomic E-state index is 0. The van der Waals surface area contributed by atoms with Crippen LogP contribution in [0, 0.1) is 0 Å². The van der Waals surface area contributed by atoms with Crippen LogP contribution in [0.5, 0.6) is 11.5 Å². The lowest BCUT2D eigenvalue weighted by Crippen LogP contribution is -2.41. The number of piperidine rings is 1. The molecule has 2 aromatic carbocycles. The molecule has 0 spiro atoms. The van der Waals surface area contributed by atoms with Gasteiger partial charge in [0.25, 0.3) is 5.91 Å². The number of benzene rings is 2. The van der Waals surface area contributed by atoms with E-state index in [0.29, 0.717) is 30.5 Å². The molecular weight excluding hydrogens is 531 g/mol. The summed E-state index contributed by atoms with van der Waals surface area (Å²) in [7, 11) is 3.37. The van der Waals surface area contributed by atoms with Crippen LogP contribution >= 0.6 is 24.0 Å². The average molecular weight is 566 g/mol. The van der Waals surface area contributed by atoms with Gasteiger partial charge < -0.3 is 25.0 Å². The molecule has 1 unspecified atom stereocenters. The second-order valence-corrected chi connectivity index (χ2v) is 7.94. The van der Waals surface area contributed by atoms with Gasteiger partial charge in [-0.15, -0.1) is 24.0 Å². The fraction of sp³-hybridized carbons (Fsp3) is 0.440. The second-order valence-electron chi connectivity index (χ2n) is 7.94. The van der Waals surface area contributed by atoms with Gasteiger partial charge in [-0.2, -0.15) is 0 Å². The third-order valence-corrected chi connectivity index (χ3v) is 5.48. The number of carbonyl (C=O) groups excluding carboxylic acids is 1. The first kappa shape index (κ1) is 26.8. The molecule has 1 amide bonds. The summed E-state index contributed by atoms with van der Waals surface area (Å²) in [6, 6.07) is 15.4. The van der Waals surface area contributed by atoms with Crippen LogP contribution in [0.15, 0.2) is 53.5 Å². The van der Waals surface area contributed by atoms with E-state index in [9.17, 15) is 4.79 Å². The molecule has 180 valence electrons. The van der Waals surface area contributed by atoms with E-state index < -0.39 is 0 Å². The largest absolute Gasteiger partial charge is 0.493 e. The molecule has 3 rings (SSSR count). The summed E-state index contributed by atoms with van der Waals surface area (Å²) in [5.41, 5.74) is 1.84. The first-order valence-electron chi connectivity index (χ1n) is 11.2. The van der Waals surface area contributed by atoms with Gasteiger partial charge >= 0.3 is 0 Å². The van der Waals surface area contributed by atoms with Crippen molar-refractivity contribution >= 4 is 35.8 Å². The normalized spacial score (nSPS) is 14.6. The molecule has 0 radical (unpaired) electrons. The van der Waals surface area contributed by atoms with Gasteiger partial charge in [-0.05, 0) is 56.0 Å². The number of amides is 1. The lowest BCUT2D eigenvalue weighted by atomic mass is 10.1. The Balaban J connectivity index is 0.00000385. The molecule has 7 nitrogen and oxygen atoms in total. The maximum atomic E-state index is 12.6. The number of methoxy groups -OCH3 is 1. The van der Waals surface area contributed by atoms with Gasteiger partial charge in [0.05, 0.1) is 13.7 Å². The number of rotatable bonds is 8. The van der Waals surface area contributed by atoms with Gasteiger partial charge in [0, 0.05) is 32.2 Å². The molecule has 0 bridgehead atoms. The molecule has 1 fully saturated rings. The van der Waals surface area contributed by atoms with Gasteiger partial charge in [-0.1, -0.05) is 24.3 Å².